The molecule has 2 heterocycles. The molecule has 8 nitrogen and oxygen atoms in total. The summed E-state index contributed by atoms with van der Waals surface area (Å²) in [6.45, 7) is 2.88. The molecule has 1 saturated heterocycles. The molecule has 1 aromatic heterocycles. The van der Waals surface area contributed by atoms with E-state index in [1.807, 2.05) is 23.1 Å². The smallest absolute Gasteiger partial charge is 0.295 e. The summed E-state index contributed by atoms with van der Waals surface area (Å²) in [6, 6.07) is 12.1. The van der Waals surface area contributed by atoms with Gasteiger partial charge in [-0.1, -0.05) is 30.3 Å². The Labute approximate surface area is 158 Å². The minimum Gasteiger partial charge on any atom is -0.356 e. The first kappa shape index (κ1) is 19.2. The number of nitro groups is 1. The van der Waals surface area contributed by atoms with Crippen molar-refractivity contribution in [3.05, 3.63) is 52.6 Å². The predicted molar refractivity (Wildman–Crippen MR) is 104 cm³/mol. The molecule has 144 valence electrons. The van der Waals surface area contributed by atoms with Gasteiger partial charge in [-0.25, -0.2) is 18.1 Å². The number of anilines is 1. The summed E-state index contributed by atoms with van der Waals surface area (Å²) in [5, 5.41) is 11.4. The fraction of sp³-hybridized carbons (Fsp3) is 0.389. The highest BCUT2D eigenvalue weighted by Crippen LogP contribution is 2.31. The SMILES string of the molecule is CCS(=O)(=O)NC1CCN(c2ccc([N+](=O)[O-])c(-c3ccccc3)n2)CC1. The quantitative estimate of drug-likeness (QED) is 0.600. The van der Waals surface area contributed by atoms with E-state index in [0.29, 0.717) is 43.0 Å². The van der Waals surface area contributed by atoms with Crippen LogP contribution in [0.5, 0.6) is 0 Å². The van der Waals surface area contributed by atoms with E-state index in [9.17, 15) is 18.5 Å². The zero-order valence-electron chi connectivity index (χ0n) is 15.0. The maximum Gasteiger partial charge on any atom is 0.295 e. The standard InChI is InChI=1S/C18H22N4O4S/c1-2-27(25,26)20-15-10-12-21(13-11-15)17-9-8-16(22(23)24)18(19-17)14-6-4-3-5-7-14/h3-9,15,20H,2,10-13H2,1H3. The Balaban J connectivity index is 1.80. The monoisotopic (exact) mass is 390 g/mol. The first-order valence-electron chi connectivity index (χ1n) is 8.85. The van der Waals surface area contributed by atoms with Gasteiger partial charge < -0.3 is 4.90 Å². The van der Waals surface area contributed by atoms with Crippen molar-refractivity contribution < 1.29 is 13.3 Å². The van der Waals surface area contributed by atoms with Gasteiger partial charge in [0.2, 0.25) is 10.0 Å². The molecule has 1 N–H and O–H groups in total. The number of rotatable bonds is 6. The molecule has 0 aliphatic carbocycles. The molecule has 1 aliphatic rings. The zero-order valence-corrected chi connectivity index (χ0v) is 15.9. The lowest BCUT2D eigenvalue weighted by Gasteiger charge is -2.33. The van der Waals surface area contributed by atoms with Gasteiger partial charge in [-0.15, -0.1) is 0 Å². The number of nitrogens with zero attached hydrogens (tertiary/aromatic N) is 3. The van der Waals surface area contributed by atoms with E-state index < -0.39 is 14.9 Å². The van der Waals surface area contributed by atoms with Gasteiger partial charge in [0.25, 0.3) is 5.69 Å². The summed E-state index contributed by atoms with van der Waals surface area (Å²) in [6.07, 6.45) is 1.33. The number of sulfonamides is 1. The molecule has 0 amide bonds. The van der Waals surface area contributed by atoms with Crippen LogP contribution in [0.4, 0.5) is 11.5 Å². The van der Waals surface area contributed by atoms with Crippen LogP contribution in [0.2, 0.25) is 0 Å². The van der Waals surface area contributed by atoms with E-state index in [4.69, 9.17) is 0 Å². The Morgan fingerprint density at radius 1 is 1.19 bits per heavy atom. The molecule has 1 fully saturated rings. The zero-order chi connectivity index (χ0) is 19.4. The van der Waals surface area contributed by atoms with Gasteiger partial charge in [0.1, 0.15) is 5.82 Å². The van der Waals surface area contributed by atoms with Gasteiger partial charge in [-0.05, 0) is 25.8 Å². The average Bonchev–Trinajstić information content (AvgIpc) is 2.68. The van der Waals surface area contributed by atoms with Crippen molar-refractivity contribution in [2.24, 2.45) is 0 Å². The van der Waals surface area contributed by atoms with Gasteiger partial charge in [0.15, 0.2) is 5.69 Å². The number of pyridine rings is 1. The second kappa shape index (κ2) is 8.01. The van der Waals surface area contributed by atoms with Gasteiger partial charge in [-0.3, -0.25) is 10.1 Å². The number of nitrogens with one attached hydrogen (secondary N) is 1. The Hall–Kier alpha value is -2.52. The number of hydrogen-bond donors (Lipinski definition) is 1. The van der Waals surface area contributed by atoms with E-state index in [0.717, 1.165) is 0 Å². The largest absolute Gasteiger partial charge is 0.356 e. The van der Waals surface area contributed by atoms with Crippen molar-refractivity contribution in [3.63, 3.8) is 0 Å². The summed E-state index contributed by atoms with van der Waals surface area (Å²) >= 11 is 0. The van der Waals surface area contributed by atoms with E-state index in [-0.39, 0.29) is 17.5 Å². The Kier molecular flexibility index (Phi) is 5.71. The van der Waals surface area contributed by atoms with Gasteiger partial charge in [0, 0.05) is 30.8 Å². The first-order chi connectivity index (χ1) is 12.9. The molecule has 0 spiro atoms. The molecule has 0 bridgehead atoms. The third kappa shape index (κ3) is 4.61. The van der Waals surface area contributed by atoms with Crippen molar-refractivity contribution in [2.75, 3.05) is 23.7 Å². The number of hydrogen-bond acceptors (Lipinski definition) is 6. The second-order valence-corrected chi connectivity index (χ2v) is 8.49. The van der Waals surface area contributed by atoms with Crippen LogP contribution in [0.15, 0.2) is 42.5 Å². The molecular weight excluding hydrogens is 368 g/mol. The van der Waals surface area contributed by atoms with Crippen molar-refractivity contribution in [3.8, 4) is 11.3 Å². The molecule has 1 aliphatic heterocycles. The highest BCUT2D eigenvalue weighted by molar-refractivity contribution is 7.89. The van der Waals surface area contributed by atoms with Crippen LogP contribution in [0.1, 0.15) is 19.8 Å². The molecule has 2 aromatic rings. The topological polar surface area (TPSA) is 105 Å². The minimum atomic E-state index is -3.22. The summed E-state index contributed by atoms with van der Waals surface area (Å²) in [5.41, 5.74) is 0.999. The minimum absolute atomic E-state index is 0.0319. The maximum atomic E-state index is 11.7. The third-order valence-corrected chi connectivity index (χ3v) is 6.10. The highest BCUT2D eigenvalue weighted by atomic mass is 32.2. The van der Waals surface area contributed by atoms with E-state index >= 15 is 0 Å². The molecule has 9 heteroatoms. The van der Waals surface area contributed by atoms with Crippen LogP contribution in [0, 0.1) is 10.1 Å². The highest BCUT2D eigenvalue weighted by Gasteiger charge is 2.25. The lowest BCUT2D eigenvalue weighted by Crippen LogP contribution is -2.45. The number of aromatic nitrogens is 1. The third-order valence-electron chi connectivity index (χ3n) is 4.65. The number of piperidine rings is 1. The first-order valence-corrected chi connectivity index (χ1v) is 10.5. The molecule has 0 radical (unpaired) electrons. The van der Waals surface area contributed by atoms with Crippen molar-refractivity contribution in [1.82, 2.24) is 9.71 Å². The van der Waals surface area contributed by atoms with Crippen molar-refractivity contribution >= 4 is 21.5 Å². The lowest BCUT2D eigenvalue weighted by atomic mass is 10.1. The summed E-state index contributed by atoms with van der Waals surface area (Å²) in [5.74, 6) is 0.730. The molecule has 27 heavy (non-hydrogen) atoms. The maximum absolute atomic E-state index is 11.7. The lowest BCUT2D eigenvalue weighted by molar-refractivity contribution is -0.384. The van der Waals surface area contributed by atoms with Gasteiger partial charge in [-0.2, -0.15) is 0 Å². The molecule has 1 aromatic carbocycles. The molecule has 3 rings (SSSR count). The van der Waals surface area contributed by atoms with Crippen LogP contribution >= 0.6 is 0 Å². The molecule has 0 unspecified atom stereocenters. The predicted octanol–water partition coefficient (Wildman–Crippen LogP) is 2.56. The molecule has 0 atom stereocenters. The van der Waals surface area contributed by atoms with Crippen molar-refractivity contribution in [1.29, 1.82) is 0 Å². The van der Waals surface area contributed by atoms with E-state index in [1.165, 1.54) is 6.07 Å². The van der Waals surface area contributed by atoms with Gasteiger partial charge in [0.05, 0.1) is 10.7 Å². The molecular formula is C18H22N4O4S. The van der Waals surface area contributed by atoms with Crippen LogP contribution in [-0.4, -0.2) is 43.2 Å². The van der Waals surface area contributed by atoms with E-state index in [2.05, 4.69) is 9.71 Å². The molecule has 0 saturated carbocycles. The fourth-order valence-corrected chi connectivity index (χ4v) is 4.05. The van der Waals surface area contributed by atoms with Gasteiger partial charge >= 0.3 is 0 Å². The average molecular weight is 390 g/mol. The van der Waals surface area contributed by atoms with Crippen LogP contribution < -0.4 is 9.62 Å². The Morgan fingerprint density at radius 3 is 2.44 bits per heavy atom. The summed E-state index contributed by atoms with van der Waals surface area (Å²) in [7, 11) is -3.22. The van der Waals surface area contributed by atoms with Crippen LogP contribution in [0.3, 0.4) is 0 Å². The number of benzene rings is 1. The Morgan fingerprint density at radius 2 is 1.85 bits per heavy atom. The second-order valence-electron chi connectivity index (χ2n) is 6.44. The van der Waals surface area contributed by atoms with E-state index in [1.54, 1.807) is 25.1 Å². The Bertz CT molecular complexity index is 910. The normalized spacial score (nSPS) is 15.7. The van der Waals surface area contributed by atoms with Crippen LogP contribution in [0.25, 0.3) is 11.3 Å². The van der Waals surface area contributed by atoms with Crippen LogP contribution in [-0.2, 0) is 10.0 Å². The summed E-state index contributed by atoms with van der Waals surface area (Å²) < 4.78 is 26.2. The fourth-order valence-electron chi connectivity index (χ4n) is 3.14. The summed E-state index contributed by atoms with van der Waals surface area (Å²) in [4.78, 5) is 17.5. The van der Waals surface area contributed by atoms with Crippen molar-refractivity contribution in [2.45, 2.75) is 25.8 Å².